The second-order valence-electron chi connectivity index (χ2n) is 9.04. The lowest BCUT2D eigenvalue weighted by Crippen LogP contribution is -2.42. The van der Waals surface area contributed by atoms with Crippen LogP contribution in [0, 0.1) is 5.92 Å². The molecule has 1 aromatic carbocycles. The molecule has 3 heterocycles. The molecule has 0 saturated heterocycles. The van der Waals surface area contributed by atoms with Crippen LogP contribution in [0.4, 0.5) is 0 Å². The largest absolute Gasteiger partial charge is 0.349 e. The minimum absolute atomic E-state index is 0.112. The van der Waals surface area contributed by atoms with Gasteiger partial charge < -0.3 is 14.8 Å². The van der Waals surface area contributed by atoms with Crippen molar-refractivity contribution in [3.63, 3.8) is 0 Å². The predicted molar refractivity (Wildman–Crippen MR) is 123 cm³/mol. The number of nitrogens with one attached hydrogen (secondary N) is 1. The summed E-state index contributed by atoms with van der Waals surface area (Å²) < 4.78 is 3.15. The highest BCUT2D eigenvalue weighted by atomic mass is 16.2. The van der Waals surface area contributed by atoms with Crippen molar-refractivity contribution in [3.8, 4) is 0 Å². The monoisotopic (exact) mass is 445 g/mol. The van der Waals surface area contributed by atoms with E-state index in [-0.39, 0.29) is 29.0 Å². The summed E-state index contributed by atoms with van der Waals surface area (Å²) in [7, 11) is 1.74. The van der Waals surface area contributed by atoms with E-state index in [1.54, 1.807) is 33.5 Å². The minimum atomic E-state index is -0.306. The molecule has 8 nitrogen and oxygen atoms in total. The van der Waals surface area contributed by atoms with Crippen LogP contribution in [0.25, 0.3) is 0 Å². The highest BCUT2D eigenvalue weighted by Crippen LogP contribution is 2.30. The third-order valence-corrected chi connectivity index (χ3v) is 6.64. The van der Waals surface area contributed by atoms with Gasteiger partial charge in [-0.15, -0.1) is 0 Å². The summed E-state index contributed by atoms with van der Waals surface area (Å²) in [5.74, 6) is 0.0192. The van der Waals surface area contributed by atoms with Gasteiger partial charge in [0.25, 0.3) is 17.4 Å². The average Bonchev–Trinajstić information content (AvgIpc) is 3.32. The van der Waals surface area contributed by atoms with Crippen molar-refractivity contribution < 1.29 is 9.59 Å². The molecule has 1 N–H and O–H groups in total. The smallest absolute Gasteiger partial charge is 0.272 e. The first kappa shape index (κ1) is 21.2. The maximum absolute atomic E-state index is 13.4. The zero-order valence-electron chi connectivity index (χ0n) is 18.8. The van der Waals surface area contributed by atoms with Crippen LogP contribution >= 0.6 is 0 Å². The molecule has 33 heavy (non-hydrogen) atoms. The molecule has 8 heteroatoms. The summed E-state index contributed by atoms with van der Waals surface area (Å²) in [6.45, 7) is 3.23. The molecule has 1 aliphatic carbocycles. The van der Waals surface area contributed by atoms with Gasteiger partial charge in [0.2, 0.25) is 0 Å². The van der Waals surface area contributed by atoms with Gasteiger partial charge in [-0.2, -0.15) is 5.10 Å². The molecule has 170 valence electrons. The molecular weight excluding hydrogens is 418 g/mol. The van der Waals surface area contributed by atoms with Crippen molar-refractivity contribution in [2.75, 3.05) is 6.54 Å². The Morgan fingerprint density at radius 3 is 2.61 bits per heavy atom. The molecule has 0 bridgehead atoms. The number of amides is 2. The maximum Gasteiger partial charge on any atom is 0.272 e. The maximum atomic E-state index is 13.4. The van der Waals surface area contributed by atoms with Crippen molar-refractivity contribution in [1.82, 2.24) is 24.6 Å². The Labute approximate surface area is 191 Å². The molecular formula is C25H27N5O3. The first-order chi connectivity index (χ1) is 15.9. The number of carbonyl (C=O) groups excluding carboxylic acids is 2. The van der Waals surface area contributed by atoms with E-state index in [2.05, 4.69) is 17.3 Å². The van der Waals surface area contributed by atoms with E-state index in [1.807, 2.05) is 36.5 Å². The molecule has 2 atom stereocenters. The molecule has 1 saturated carbocycles. The Hall–Kier alpha value is -3.68. The number of fused-ring (bicyclic) bond motifs is 1. The van der Waals surface area contributed by atoms with E-state index in [9.17, 15) is 14.4 Å². The number of pyridine rings is 1. The summed E-state index contributed by atoms with van der Waals surface area (Å²) in [4.78, 5) is 41.4. The first-order valence-electron chi connectivity index (χ1n) is 11.3. The van der Waals surface area contributed by atoms with Crippen LogP contribution in [0.3, 0.4) is 0 Å². The zero-order valence-corrected chi connectivity index (χ0v) is 18.8. The van der Waals surface area contributed by atoms with Crippen LogP contribution in [0.2, 0.25) is 0 Å². The van der Waals surface area contributed by atoms with Crippen molar-refractivity contribution in [1.29, 1.82) is 0 Å². The van der Waals surface area contributed by atoms with E-state index >= 15 is 0 Å². The van der Waals surface area contributed by atoms with Gasteiger partial charge in [0.05, 0.1) is 6.54 Å². The standard InChI is InChI=1S/C25H27N5O3/c1-16-12-20(16)27-23(31)22-19-9-11-29(24(32)21-8-10-26-28(21)2)14-18(19)15-30(25(22)33)13-17-6-4-3-5-7-17/h3-8,10,15-16,20H,9,11-14H2,1-2H3,(H,27,31)/t16-,20-/m1/s1. The molecule has 1 fully saturated rings. The lowest BCUT2D eigenvalue weighted by Gasteiger charge is -2.30. The molecule has 0 unspecified atom stereocenters. The highest BCUT2D eigenvalue weighted by Gasteiger charge is 2.36. The zero-order chi connectivity index (χ0) is 23.1. The Morgan fingerprint density at radius 2 is 1.94 bits per heavy atom. The number of aryl methyl sites for hydroxylation is 1. The Bertz CT molecular complexity index is 1280. The third-order valence-electron chi connectivity index (χ3n) is 6.64. The van der Waals surface area contributed by atoms with E-state index in [4.69, 9.17) is 0 Å². The van der Waals surface area contributed by atoms with Crippen LogP contribution in [-0.4, -0.2) is 43.6 Å². The van der Waals surface area contributed by atoms with E-state index < -0.39 is 0 Å². The second kappa shape index (κ2) is 8.35. The normalized spacial score (nSPS) is 19.2. The topological polar surface area (TPSA) is 89.2 Å². The number of benzene rings is 1. The van der Waals surface area contributed by atoms with Crippen molar-refractivity contribution >= 4 is 11.8 Å². The fraction of sp³-hybridized carbons (Fsp3) is 0.360. The van der Waals surface area contributed by atoms with E-state index in [0.717, 1.165) is 23.1 Å². The van der Waals surface area contributed by atoms with Crippen molar-refractivity contribution in [3.05, 3.63) is 87.1 Å². The Morgan fingerprint density at radius 1 is 1.18 bits per heavy atom. The number of hydrogen-bond donors (Lipinski definition) is 1. The summed E-state index contributed by atoms with van der Waals surface area (Å²) in [5.41, 5.74) is 3.01. The van der Waals surface area contributed by atoms with Crippen LogP contribution in [0.15, 0.2) is 53.6 Å². The third kappa shape index (κ3) is 4.08. The summed E-state index contributed by atoms with van der Waals surface area (Å²) in [6, 6.07) is 11.5. The van der Waals surface area contributed by atoms with E-state index in [1.165, 1.54) is 0 Å². The van der Waals surface area contributed by atoms with Gasteiger partial charge >= 0.3 is 0 Å². The lowest BCUT2D eigenvalue weighted by atomic mass is 9.95. The molecule has 0 radical (unpaired) electrons. The molecule has 2 amide bonds. The number of nitrogens with zero attached hydrogens (tertiary/aromatic N) is 4. The summed E-state index contributed by atoms with van der Waals surface area (Å²) in [5, 5.41) is 7.12. The Kier molecular flexibility index (Phi) is 5.36. The van der Waals surface area contributed by atoms with Gasteiger partial charge in [-0.1, -0.05) is 37.3 Å². The molecule has 5 rings (SSSR count). The van der Waals surface area contributed by atoms with Crippen LogP contribution < -0.4 is 10.9 Å². The fourth-order valence-corrected chi connectivity index (χ4v) is 4.53. The number of aromatic nitrogens is 3. The van der Waals surface area contributed by atoms with Gasteiger partial charge in [-0.3, -0.25) is 19.1 Å². The van der Waals surface area contributed by atoms with Crippen LogP contribution in [0.1, 0.15) is 50.9 Å². The molecule has 2 aromatic heterocycles. The number of carbonyl (C=O) groups is 2. The van der Waals surface area contributed by atoms with E-state index in [0.29, 0.717) is 37.7 Å². The van der Waals surface area contributed by atoms with Crippen LogP contribution in [0.5, 0.6) is 0 Å². The minimum Gasteiger partial charge on any atom is -0.349 e. The van der Waals surface area contributed by atoms with Crippen molar-refractivity contribution in [2.24, 2.45) is 13.0 Å². The molecule has 1 aliphatic heterocycles. The molecule has 0 spiro atoms. The summed E-state index contributed by atoms with van der Waals surface area (Å²) >= 11 is 0. The van der Waals surface area contributed by atoms with Gasteiger partial charge in [-0.25, -0.2) is 0 Å². The van der Waals surface area contributed by atoms with Crippen molar-refractivity contribution in [2.45, 2.75) is 38.9 Å². The fourth-order valence-electron chi connectivity index (χ4n) is 4.53. The van der Waals surface area contributed by atoms with Gasteiger partial charge in [0.1, 0.15) is 11.3 Å². The highest BCUT2D eigenvalue weighted by molar-refractivity contribution is 5.96. The SMILES string of the molecule is C[C@@H]1C[C@H]1NC(=O)c1c2c(cn(Cc3ccccc3)c1=O)CN(C(=O)c1ccnn1C)CC2. The quantitative estimate of drug-likeness (QED) is 0.650. The van der Waals surface area contributed by atoms with Gasteiger partial charge in [0.15, 0.2) is 0 Å². The predicted octanol–water partition coefficient (Wildman–Crippen LogP) is 1.97. The average molecular weight is 446 g/mol. The van der Waals surface area contributed by atoms with Gasteiger partial charge in [-0.05, 0) is 41.5 Å². The number of rotatable bonds is 5. The Balaban J connectivity index is 1.52. The molecule has 2 aliphatic rings. The summed E-state index contributed by atoms with van der Waals surface area (Å²) in [6.07, 6.45) is 4.81. The van der Waals surface area contributed by atoms with Crippen LogP contribution in [-0.2, 0) is 26.6 Å². The lowest BCUT2D eigenvalue weighted by molar-refractivity contribution is 0.0722. The number of hydrogen-bond acceptors (Lipinski definition) is 4. The molecule has 3 aromatic rings. The second-order valence-corrected chi connectivity index (χ2v) is 9.04. The first-order valence-corrected chi connectivity index (χ1v) is 11.3. The van der Waals surface area contributed by atoms with Gasteiger partial charge in [0, 0.05) is 38.6 Å².